The van der Waals surface area contributed by atoms with E-state index in [4.69, 9.17) is 25.8 Å². The van der Waals surface area contributed by atoms with E-state index >= 15 is 0 Å². The van der Waals surface area contributed by atoms with Crippen LogP contribution in [0.4, 0.5) is 0 Å². The first kappa shape index (κ1) is 23.7. The zero-order valence-electron chi connectivity index (χ0n) is 16.9. The highest BCUT2D eigenvalue weighted by Crippen LogP contribution is 2.36. The summed E-state index contributed by atoms with van der Waals surface area (Å²) < 4.78 is 42.5. The Morgan fingerprint density at radius 2 is 1.97 bits per heavy atom. The Morgan fingerprint density at radius 3 is 2.62 bits per heavy atom. The van der Waals surface area contributed by atoms with Crippen LogP contribution in [0.2, 0.25) is 5.02 Å². The smallest absolute Gasteiger partial charge is 0.251 e. The second kappa shape index (κ2) is 11.6. The van der Waals surface area contributed by atoms with Crippen LogP contribution in [0.5, 0.6) is 11.5 Å². The highest BCUT2D eigenvalue weighted by Gasteiger charge is 2.24. The average molecular weight is 449 g/mol. The van der Waals surface area contributed by atoms with Crippen molar-refractivity contribution in [1.82, 2.24) is 9.62 Å². The molecular weight excluding hydrogens is 420 g/mol. The number of halogens is 1. The number of amides is 1. The number of hydrogen-bond acceptors (Lipinski definition) is 6. The van der Waals surface area contributed by atoms with Crippen LogP contribution in [0.3, 0.4) is 0 Å². The van der Waals surface area contributed by atoms with Gasteiger partial charge in [0, 0.05) is 25.2 Å². The van der Waals surface area contributed by atoms with E-state index in [1.54, 1.807) is 6.07 Å². The van der Waals surface area contributed by atoms with Crippen molar-refractivity contribution in [3.8, 4) is 11.5 Å². The van der Waals surface area contributed by atoms with Crippen molar-refractivity contribution in [2.45, 2.75) is 26.7 Å². The molecule has 29 heavy (non-hydrogen) atoms. The van der Waals surface area contributed by atoms with E-state index in [1.807, 2.05) is 6.92 Å². The molecule has 1 aliphatic heterocycles. The van der Waals surface area contributed by atoms with Crippen molar-refractivity contribution in [2.75, 3.05) is 51.8 Å². The van der Waals surface area contributed by atoms with Gasteiger partial charge in [0.15, 0.2) is 11.5 Å². The molecule has 1 aliphatic rings. The molecule has 164 valence electrons. The highest BCUT2D eigenvalue weighted by atomic mass is 35.5. The van der Waals surface area contributed by atoms with Gasteiger partial charge in [0.25, 0.3) is 5.91 Å². The number of sulfonamides is 1. The molecule has 1 fully saturated rings. The number of carbonyl (C=O) groups is 1. The Morgan fingerprint density at radius 1 is 1.24 bits per heavy atom. The van der Waals surface area contributed by atoms with Crippen LogP contribution < -0.4 is 14.8 Å². The molecule has 0 aromatic heterocycles. The molecule has 0 aliphatic carbocycles. The fourth-order valence-electron chi connectivity index (χ4n) is 2.77. The lowest BCUT2D eigenvalue weighted by atomic mass is 10.2. The first-order chi connectivity index (χ1) is 13.9. The van der Waals surface area contributed by atoms with Crippen molar-refractivity contribution < 1.29 is 27.4 Å². The maximum Gasteiger partial charge on any atom is 0.251 e. The summed E-state index contributed by atoms with van der Waals surface area (Å²) in [5, 5.41) is 2.91. The molecule has 2 rings (SSSR count). The number of carbonyl (C=O) groups excluding carboxylic acids is 1. The van der Waals surface area contributed by atoms with Gasteiger partial charge in [0.05, 0.1) is 37.2 Å². The number of hydrogen-bond donors (Lipinski definition) is 1. The Kier molecular flexibility index (Phi) is 9.48. The zero-order chi connectivity index (χ0) is 21.3. The maximum absolute atomic E-state index is 12.5. The zero-order valence-corrected chi connectivity index (χ0v) is 18.5. The van der Waals surface area contributed by atoms with E-state index in [9.17, 15) is 13.2 Å². The Labute approximate surface area is 177 Å². The Balaban J connectivity index is 2.00. The van der Waals surface area contributed by atoms with E-state index in [-0.39, 0.29) is 22.9 Å². The summed E-state index contributed by atoms with van der Waals surface area (Å²) in [6.07, 6.45) is 1.86. The predicted octanol–water partition coefficient (Wildman–Crippen LogP) is 2.31. The molecule has 1 heterocycles. The van der Waals surface area contributed by atoms with Gasteiger partial charge in [-0.25, -0.2) is 8.42 Å². The molecule has 0 saturated carbocycles. The minimum atomic E-state index is -3.44. The third-order valence-corrected chi connectivity index (χ3v) is 6.48. The lowest BCUT2D eigenvalue weighted by Gasteiger charge is -2.26. The monoisotopic (exact) mass is 448 g/mol. The minimum Gasteiger partial charge on any atom is -0.490 e. The topological polar surface area (TPSA) is 94.2 Å². The molecule has 1 aromatic carbocycles. The molecule has 0 bridgehead atoms. The number of rotatable bonds is 11. The van der Waals surface area contributed by atoms with Gasteiger partial charge in [-0.2, -0.15) is 4.31 Å². The summed E-state index contributed by atoms with van der Waals surface area (Å²) in [5.74, 6) is 0.198. The van der Waals surface area contributed by atoms with Crippen LogP contribution in [-0.2, 0) is 14.8 Å². The summed E-state index contributed by atoms with van der Waals surface area (Å²) in [5.41, 5.74) is 0.282. The average Bonchev–Trinajstić information content (AvgIpc) is 2.70. The first-order valence-corrected chi connectivity index (χ1v) is 11.8. The third kappa shape index (κ3) is 7.02. The lowest BCUT2D eigenvalue weighted by Crippen LogP contribution is -2.43. The van der Waals surface area contributed by atoms with Gasteiger partial charge in [-0.05, 0) is 25.5 Å². The van der Waals surface area contributed by atoms with Crippen LogP contribution in [0.1, 0.15) is 37.0 Å². The number of morpholine rings is 1. The molecule has 1 saturated heterocycles. The second-order valence-corrected chi connectivity index (χ2v) is 9.00. The van der Waals surface area contributed by atoms with Gasteiger partial charge < -0.3 is 19.5 Å². The van der Waals surface area contributed by atoms with Crippen LogP contribution in [-0.4, -0.2) is 70.4 Å². The van der Waals surface area contributed by atoms with Crippen molar-refractivity contribution in [1.29, 1.82) is 0 Å². The quantitative estimate of drug-likeness (QED) is 0.522. The number of ether oxygens (including phenoxy) is 3. The SMILES string of the molecule is CCCCOc1c(Cl)cc(C(=O)NCCS(=O)(=O)N2CCOCC2)cc1OCC. The summed E-state index contributed by atoms with van der Waals surface area (Å²) in [6, 6.07) is 3.06. The molecule has 10 heteroatoms. The van der Waals surface area contributed by atoms with Crippen LogP contribution in [0.15, 0.2) is 12.1 Å². The molecule has 1 N–H and O–H groups in total. The molecule has 0 unspecified atom stereocenters. The lowest BCUT2D eigenvalue weighted by molar-refractivity contribution is 0.0730. The first-order valence-electron chi connectivity index (χ1n) is 9.82. The molecule has 8 nitrogen and oxygen atoms in total. The van der Waals surface area contributed by atoms with Crippen LogP contribution in [0.25, 0.3) is 0 Å². The standard InChI is InChI=1S/C19H29ClN2O6S/c1-3-5-9-28-18-16(20)13-15(14-17(18)27-4-2)19(23)21-6-12-29(24,25)22-7-10-26-11-8-22/h13-14H,3-12H2,1-2H3,(H,21,23). The largest absolute Gasteiger partial charge is 0.490 e. The number of benzene rings is 1. The predicted molar refractivity (Wildman–Crippen MR) is 112 cm³/mol. The van der Waals surface area contributed by atoms with Gasteiger partial charge >= 0.3 is 0 Å². The minimum absolute atomic E-state index is 0.00510. The van der Waals surface area contributed by atoms with Gasteiger partial charge in [0.2, 0.25) is 10.0 Å². The van der Waals surface area contributed by atoms with E-state index < -0.39 is 15.9 Å². The van der Waals surface area contributed by atoms with Crippen molar-refractivity contribution >= 4 is 27.5 Å². The van der Waals surface area contributed by atoms with E-state index in [1.165, 1.54) is 10.4 Å². The second-order valence-electron chi connectivity index (χ2n) is 6.50. The normalized spacial score (nSPS) is 15.1. The van der Waals surface area contributed by atoms with Gasteiger partial charge in [-0.15, -0.1) is 0 Å². The molecule has 1 amide bonds. The summed E-state index contributed by atoms with van der Waals surface area (Å²) in [4.78, 5) is 12.5. The molecular formula is C19H29ClN2O6S. The van der Waals surface area contributed by atoms with Crippen molar-refractivity contribution in [3.63, 3.8) is 0 Å². The summed E-state index contributed by atoms with van der Waals surface area (Å²) >= 11 is 6.30. The Bertz CT molecular complexity index is 781. The van der Waals surface area contributed by atoms with Gasteiger partial charge in [0.1, 0.15) is 0 Å². The highest BCUT2D eigenvalue weighted by molar-refractivity contribution is 7.89. The molecule has 0 spiro atoms. The number of unbranched alkanes of at least 4 members (excludes halogenated alkanes) is 1. The van der Waals surface area contributed by atoms with Gasteiger partial charge in [-0.3, -0.25) is 4.79 Å². The molecule has 0 radical (unpaired) electrons. The van der Waals surface area contributed by atoms with Gasteiger partial charge in [-0.1, -0.05) is 24.9 Å². The van der Waals surface area contributed by atoms with Crippen molar-refractivity contribution in [3.05, 3.63) is 22.7 Å². The summed E-state index contributed by atoms with van der Waals surface area (Å²) in [6.45, 7) is 6.22. The fourth-order valence-corrected chi connectivity index (χ4v) is 4.36. The summed E-state index contributed by atoms with van der Waals surface area (Å²) in [7, 11) is -3.44. The van der Waals surface area contributed by atoms with E-state index in [2.05, 4.69) is 12.2 Å². The molecule has 1 aromatic rings. The van der Waals surface area contributed by atoms with Crippen molar-refractivity contribution in [2.24, 2.45) is 0 Å². The van der Waals surface area contributed by atoms with Crippen LogP contribution >= 0.6 is 11.6 Å². The van der Waals surface area contributed by atoms with Crippen LogP contribution in [0, 0.1) is 0 Å². The number of nitrogens with zero attached hydrogens (tertiary/aromatic N) is 1. The third-order valence-electron chi connectivity index (χ3n) is 4.32. The van der Waals surface area contributed by atoms with E-state index in [0.29, 0.717) is 51.0 Å². The maximum atomic E-state index is 12.5. The van der Waals surface area contributed by atoms with E-state index in [0.717, 1.165) is 12.8 Å². The number of nitrogens with one attached hydrogen (secondary N) is 1. The Hall–Kier alpha value is -1.55. The fraction of sp³-hybridized carbons (Fsp3) is 0.632. The molecule has 0 atom stereocenters.